The normalized spacial score (nSPS) is 46.8. The molecule has 1 fully saturated rings. The first kappa shape index (κ1) is 8.10. The Labute approximate surface area is 65.0 Å². The standard InChI is InChI=1S/C10H20/c1-5-9-7(3)8(4)10(9)6-2/h7-10H,5-6H2,1-4H3. The lowest BCUT2D eigenvalue weighted by Crippen LogP contribution is -2.42. The van der Waals surface area contributed by atoms with E-state index in [1.165, 1.54) is 12.8 Å². The third kappa shape index (κ3) is 0.980. The first-order valence-corrected chi connectivity index (χ1v) is 4.72. The van der Waals surface area contributed by atoms with Crippen LogP contribution in [0.5, 0.6) is 0 Å². The molecule has 0 bridgehead atoms. The predicted octanol–water partition coefficient (Wildman–Crippen LogP) is 3.32. The second-order valence-corrected chi connectivity index (χ2v) is 3.86. The molecule has 60 valence electrons. The van der Waals surface area contributed by atoms with Crippen LogP contribution in [-0.4, -0.2) is 0 Å². The number of rotatable bonds is 2. The van der Waals surface area contributed by atoms with Gasteiger partial charge < -0.3 is 0 Å². The maximum absolute atomic E-state index is 2.41. The summed E-state index contributed by atoms with van der Waals surface area (Å²) in [4.78, 5) is 0. The van der Waals surface area contributed by atoms with E-state index in [-0.39, 0.29) is 0 Å². The average molecular weight is 140 g/mol. The molecule has 0 aromatic rings. The van der Waals surface area contributed by atoms with Crippen LogP contribution in [0.4, 0.5) is 0 Å². The second kappa shape index (κ2) is 2.94. The summed E-state index contributed by atoms with van der Waals surface area (Å²) >= 11 is 0. The minimum atomic E-state index is 0.995. The van der Waals surface area contributed by atoms with Crippen LogP contribution in [0.3, 0.4) is 0 Å². The van der Waals surface area contributed by atoms with Crippen molar-refractivity contribution in [2.24, 2.45) is 23.7 Å². The lowest BCUT2D eigenvalue weighted by molar-refractivity contribution is -0.00282. The zero-order valence-corrected chi connectivity index (χ0v) is 7.72. The van der Waals surface area contributed by atoms with E-state index in [2.05, 4.69) is 27.7 Å². The van der Waals surface area contributed by atoms with E-state index in [4.69, 9.17) is 0 Å². The number of hydrogen-bond donors (Lipinski definition) is 0. The van der Waals surface area contributed by atoms with Crippen molar-refractivity contribution >= 4 is 0 Å². The van der Waals surface area contributed by atoms with E-state index in [0.29, 0.717) is 0 Å². The highest BCUT2D eigenvalue weighted by Crippen LogP contribution is 2.48. The molecule has 0 radical (unpaired) electrons. The summed E-state index contributed by atoms with van der Waals surface area (Å²) < 4.78 is 0. The highest BCUT2D eigenvalue weighted by atomic mass is 14.5. The van der Waals surface area contributed by atoms with Gasteiger partial charge in [0.1, 0.15) is 0 Å². The molecule has 0 aromatic heterocycles. The summed E-state index contributed by atoms with van der Waals surface area (Å²) in [6.45, 7) is 9.47. The first-order chi connectivity index (χ1) is 4.72. The molecular weight excluding hydrogens is 120 g/mol. The summed E-state index contributed by atoms with van der Waals surface area (Å²) in [5.74, 6) is 4.07. The highest BCUT2D eigenvalue weighted by molar-refractivity contribution is 4.90. The quantitative estimate of drug-likeness (QED) is 0.552. The first-order valence-electron chi connectivity index (χ1n) is 4.72. The van der Waals surface area contributed by atoms with Crippen molar-refractivity contribution in [3.8, 4) is 0 Å². The van der Waals surface area contributed by atoms with E-state index in [1.807, 2.05) is 0 Å². The van der Waals surface area contributed by atoms with Crippen LogP contribution >= 0.6 is 0 Å². The Morgan fingerprint density at radius 2 is 1.10 bits per heavy atom. The van der Waals surface area contributed by atoms with Gasteiger partial charge in [-0.3, -0.25) is 0 Å². The van der Waals surface area contributed by atoms with Gasteiger partial charge in [0.05, 0.1) is 0 Å². The van der Waals surface area contributed by atoms with Gasteiger partial charge in [-0.25, -0.2) is 0 Å². The van der Waals surface area contributed by atoms with E-state index in [1.54, 1.807) is 0 Å². The van der Waals surface area contributed by atoms with Crippen molar-refractivity contribution in [2.75, 3.05) is 0 Å². The van der Waals surface area contributed by atoms with Crippen molar-refractivity contribution in [1.29, 1.82) is 0 Å². The third-order valence-electron chi connectivity index (χ3n) is 3.67. The van der Waals surface area contributed by atoms with E-state index >= 15 is 0 Å². The zero-order valence-electron chi connectivity index (χ0n) is 7.72. The molecule has 0 heteroatoms. The lowest BCUT2D eigenvalue weighted by Gasteiger charge is -2.49. The average Bonchev–Trinajstić information content (AvgIpc) is 1.97. The zero-order chi connectivity index (χ0) is 7.72. The molecule has 1 saturated carbocycles. The van der Waals surface area contributed by atoms with Gasteiger partial charge in [0.2, 0.25) is 0 Å². The van der Waals surface area contributed by atoms with Crippen molar-refractivity contribution < 1.29 is 0 Å². The Balaban J connectivity index is 2.44. The molecule has 1 aliphatic carbocycles. The van der Waals surface area contributed by atoms with Crippen LogP contribution in [0.25, 0.3) is 0 Å². The summed E-state index contributed by atoms with van der Waals surface area (Å²) in [5.41, 5.74) is 0. The molecule has 0 aliphatic heterocycles. The molecule has 0 spiro atoms. The number of hydrogen-bond acceptors (Lipinski definition) is 0. The van der Waals surface area contributed by atoms with Gasteiger partial charge in [-0.15, -0.1) is 0 Å². The van der Waals surface area contributed by atoms with Crippen molar-refractivity contribution in [3.63, 3.8) is 0 Å². The molecule has 1 rings (SSSR count). The maximum Gasteiger partial charge on any atom is -0.0357 e. The van der Waals surface area contributed by atoms with Gasteiger partial charge in [-0.05, 0) is 23.7 Å². The fraction of sp³-hybridized carbons (Fsp3) is 1.00. The topological polar surface area (TPSA) is 0 Å². The Hall–Kier alpha value is 0. The van der Waals surface area contributed by atoms with Crippen LogP contribution in [0.2, 0.25) is 0 Å². The lowest BCUT2D eigenvalue weighted by atomic mass is 9.56. The minimum absolute atomic E-state index is 0.995. The van der Waals surface area contributed by atoms with Crippen LogP contribution in [0.15, 0.2) is 0 Å². The molecule has 0 nitrogen and oxygen atoms in total. The fourth-order valence-corrected chi connectivity index (χ4v) is 2.76. The molecule has 4 unspecified atom stereocenters. The highest BCUT2D eigenvalue weighted by Gasteiger charge is 2.41. The van der Waals surface area contributed by atoms with Crippen molar-refractivity contribution in [2.45, 2.75) is 40.5 Å². The van der Waals surface area contributed by atoms with Gasteiger partial charge in [0.25, 0.3) is 0 Å². The Morgan fingerprint density at radius 3 is 1.30 bits per heavy atom. The van der Waals surface area contributed by atoms with Gasteiger partial charge in [0, 0.05) is 0 Å². The van der Waals surface area contributed by atoms with Gasteiger partial charge in [0.15, 0.2) is 0 Å². The van der Waals surface area contributed by atoms with Crippen LogP contribution in [0.1, 0.15) is 40.5 Å². The predicted molar refractivity (Wildman–Crippen MR) is 45.9 cm³/mol. The van der Waals surface area contributed by atoms with Crippen molar-refractivity contribution in [3.05, 3.63) is 0 Å². The van der Waals surface area contributed by atoms with E-state index in [9.17, 15) is 0 Å². The Kier molecular flexibility index (Phi) is 2.38. The summed E-state index contributed by atoms with van der Waals surface area (Å²) in [7, 11) is 0. The Morgan fingerprint density at radius 1 is 0.800 bits per heavy atom. The van der Waals surface area contributed by atoms with Crippen molar-refractivity contribution in [1.82, 2.24) is 0 Å². The van der Waals surface area contributed by atoms with Crippen LogP contribution in [0, 0.1) is 23.7 Å². The fourth-order valence-electron chi connectivity index (χ4n) is 2.76. The summed E-state index contributed by atoms with van der Waals surface area (Å²) in [6, 6.07) is 0. The van der Waals surface area contributed by atoms with E-state index in [0.717, 1.165) is 23.7 Å². The molecule has 0 heterocycles. The minimum Gasteiger partial charge on any atom is -0.0651 e. The second-order valence-electron chi connectivity index (χ2n) is 3.86. The van der Waals surface area contributed by atoms with Crippen LogP contribution in [-0.2, 0) is 0 Å². The third-order valence-corrected chi connectivity index (χ3v) is 3.67. The molecule has 0 aromatic carbocycles. The SMILES string of the molecule is CCC1C(C)C(C)C1CC. The van der Waals surface area contributed by atoms with Crippen LogP contribution < -0.4 is 0 Å². The van der Waals surface area contributed by atoms with Gasteiger partial charge >= 0.3 is 0 Å². The van der Waals surface area contributed by atoms with Gasteiger partial charge in [-0.1, -0.05) is 40.5 Å². The Bertz CT molecular complexity index is 92.6. The molecule has 10 heavy (non-hydrogen) atoms. The molecule has 4 atom stereocenters. The molecular formula is C10H20. The summed E-state index contributed by atoms with van der Waals surface area (Å²) in [5, 5.41) is 0. The summed E-state index contributed by atoms with van der Waals surface area (Å²) in [6.07, 6.45) is 2.79. The molecule has 0 saturated heterocycles. The largest absolute Gasteiger partial charge is 0.0651 e. The molecule has 1 aliphatic rings. The molecule has 0 amide bonds. The monoisotopic (exact) mass is 140 g/mol. The molecule has 0 N–H and O–H groups in total. The maximum atomic E-state index is 2.41. The van der Waals surface area contributed by atoms with E-state index < -0.39 is 0 Å². The smallest absolute Gasteiger partial charge is 0.0357 e. The van der Waals surface area contributed by atoms with Gasteiger partial charge in [-0.2, -0.15) is 0 Å².